The molecule has 2 N–H and O–H groups in total. The molecule has 1 heterocycles. The van der Waals surface area contributed by atoms with Gasteiger partial charge in [-0.15, -0.1) is 0 Å². The van der Waals surface area contributed by atoms with Crippen LogP contribution in [-0.2, 0) is 0 Å². The minimum absolute atomic E-state index is 0.471. The van der Waals surface area contributed by atoms with Crippen molar-refractivity contribution in [3.8, 4) is 0 Å². The first-order valence-corrected chi connectivity index (χ1v) is 8.02. The molecule has 1 saturated carbocycles. The number of nitrogens with zero attached hydrogens (tertiary/aromatic N) is 1. The number of aliphatic imine (C=N–C) groups is 1. The topological polar surface area (TPSA) is 38.4 Å². The summed E-state index contributed by atoms with van der Waals surface area (Å²) in [6.45, 7) is 0. The van der Waals surface area contributed by atoms with Crippen molar-refractivity contribution < 1.29 is 0 Å². The number of hydrogen-bond donors (Lipinski definition) is 1. The van der Waals surface area contributed by atoms with E-state index in [4.69, 9.17) is 5.73 Å². The molecule has 0 bridgehead atoms. The second-order valence-electron chi connectivity index (χ2n) is 6.24. The van der Waals surface area contributed by atoms with Gasteiger partial charge in [-0.1, -0.05) is 61.0 Å². The van der Waals surface area contributed by atoms with Crippen molar-refractivity contribution in [1.29, 1.82) is 0 Å². The summed E-state index contributed by atoms with van der Waals surface area (Å²) in [5.41, 5.74) is 11.0. The van der Waals surface area contributed by atoms with Gasteiger partial charge in [-0.05, 0) is 41.5 Å². The van der Waals surface area contributed by atoms with E-state index in [0.29, 0.717) is 11.8 Å². The molecule has 0 amide bonds. The molecule has 2 atom stereocenters. The highest BCUT2D eigenvalue weighted by atomic mass is 14.9. The van der Waals surface area contributed by atoms with E-state index < -0.39 is 0 Å². The van der Waals surface area contributed by atoms with E-state index in [0.717, 1.165) is 11.5 Å². The van der Waals surface area contributed by atoms with Crippen molar-refractivity contribution in [2.75, 3.05) is 0 Å². The second kappa shape index (κ2) is 5.45. The Morgan fingerprint density at radius 1 is 0.909 bits per heavy atom. The van der Waals surface area contributed by atoms with Gasteiger partial charge < -0.3 is 5.73 Å². The third-order valence-electron chi connectivity index (χ3n) is 4.87. The summed E-state index contributed by atoms with van der Waals surface area (Å²) < 4.78 is 0. The summed E-state index contributed by atoms with van der Waals surface area (Å²) >= 11 is 0. The summed E-state index contributed by atoms with van der Waals surface area (Å²) in [7, 11) is 0. The molecule has 1 aliphatic carbocycles. The van der Waals surface area contributed by atoms with Crippen molar-refractivity contribution >= 4 is 23.7 Å². The van der Waals surface area contributed by atoms with Gasteiger partial charge in [0.1, 0.15) is 5.84 Å². The van der Waals surface area contributed by atoms with Crippen LogP contribution in [-0.4, -0.2) is 5.84 Å². The molecular weight excluding hydrogens is 268 g/mol. The largest absolute Gasteiger partial charge is 0.387 e. The Bertz CT molecular complexity index is 744. The number of fused-ring (bicyclic) bond motifs is 3. The molecule has 0 radical (unpaired) electrons. The summed E-state index contributed by atoms with van der Waals surface area (Å²) in [4.78, 5) is 4.66. The zero-order valence-electron chi connectivity index (χ0n) is 12.6. The van der Waals surface area contributed by atoms with Gasteiger partial charge in [0, 0.05) is 5.92 Å². The number of benzene rings is 2. The van der Waals surface area contributed by atoms with Crippen molar-refractivity contribution in [1.82, 2.24) is 0 Å². The minimum Gasteiger partial charge on any atom is -0.387 e. The Balaban J connectivity index is 1.66. The third kappa shape index (κ3) is 2.35. The maximum Gasteiger partial charge on any atom is 0.103 e. The maximum atomic E-state index is 6.18. The van der Waals surface area contributed by atoms with E-state index in [9.17, 15) is 0 Å². The van der Waals surface area contributed by atoms with Gasteiger partial charge >= 0.3 is 0 Å². The van der Waals surface area contributed by atoms with Gasteiger partial charge in [0.15, 0.2) is 0 Å². The molecule has 2 unspecified atom stereocenters. The number of rotatable bonds is 2. The first-order chi connectivity index (χ1) is 10.8. The summed E-state index contributed by atoms with van der Waals surface area (Å²) in [6.07, 6.45) is 7.97. The smallest absolute Gasteiger partial charge is 0.103 e. The lowest BCUT2D eigenvalue weighted by Gasteiger charge is -2.26. The van der Waals surface area contributed by atoms with Crippen molar-refractivity contribution in [3.05, 3.63) is 65.2 Å². The quantitative estimate of drug-likeness (QED) is 0.796. The van der Waals surface area contributed by atoms with Crippen LogP contribution in [0.15, 0.2) is 53.5 Å². The Morgan fingerprint density at radius 3 is 2.55 bits per heavy atom. The average Bonchev–Trinajstić information content (AvgIpc) is 3.04. The van der Waals surface area contributed by atoms with Gasteiger partial charge in [-0.25, -0.2) is 4.99 Å². The summed E-state index contributed by atoms with van der Waals surface area (Å²) in [5, 5.41) is 0. The molecule has 4 rings (SSSR count). The van der Waals surface area contributed by atoms with E-state index in [1.165, 1.54) is 36.0 Å². The zero-order valence-corrected chi connectivity index (χ0v) is 12.6. The van der Waals surface area contributed by atoms with E-state index in [1.54, 1.807) is 0 Å². The SMILES string of the molecule is NC1=Nc2cc(C=Cc3ccccc3)ccc2C2CCCC12. The normalized spacial score (nSPS) is 23.2. The molecule has 22 heavy (non-hydrogen) atoms. The lowest BCUT2D eigenvalue weighted by atomic mass is 9.84. The molecule has 2 nitrogen and oxygen atoms in total. The number of nitrogens with two attached hydrogens (primary N) is 1. The highest BCUT2D eigenvalue weighted by Gasteiger charge is 2.35. The Morgan fingerprint density at radius 2 is 1.68 bits per heavy atom. The molecule has 110 valence electrons. The monoisotopic (exact) mass is 288 g/mol. The molecular formula is C20H20N2. The van der Waals surface area contributed by atoms with Crippen LogP contribution in [0.4, 0.5) is 5.69 Å². The van der Waals surface area contributed by atoms with Crippen LogP contribution < -0.4 is 5.73 Å². The van der Waals surface area contributed by atoms with Crippen LogP contribution in [0.3, 0.4) is 0 Å². The lowest BCUT2D eigenvalue weighted by Crippen LogP contribution is -2.28. The Labute approximate surface area is 131 Å². The Hall–Kier alpha value is -2.35. The van der Waals surface area contributed by atoms with Gasteiger partial charge in [-0.3, -0.25) is 0 Å². The van der Waals surface area contributed by atoms with Crippen LogP contribution in [0.25, 0.3) is 12.2 Å². The van der Waals surface area contributed by atoms with E-state index in [1.807, 2.05) is 6.07 Å². The molecule has 2 aromatic rings. The van der Waals surface area contributed by atoms with Gasteiger partial charge in [0.25, 0.3) is 0 Å². The summed E-state index contributed by atoms with van der Waals surface area (Å²) in [5.74, 6) is 1.89. The molecule has 2 aliphatic rings. The van der Waals surface area contributed by atoms with Crippen LogP contribution in [0, 0.1) is 5.92 Å². The van der Waals surface area contributed by atoms with E-state index in [2.05, 4.69) is 59.6 Å². The van der Waals surface area contributed by atoms with Crippen LogP contribution in [0.2, 0.25) is 0 Å². The third-order valence-corrected chi connectivity index (χ3v) is 4.87. The van der Waals surface area contributed by atoms with Crippen molar-refractivity contribution in [3.63, 3.8) is 0 Å². The van der Waals surface area contributed by atoms with Crippen molar-refractivity contribution in [2.45, 2.75) is 25.2 Å². The number of amidine groups is 1. The fourth-order valence-electron chi connectivity index (χ4n) is 3.74. The van der Waals surface area contributed by atoms with Gasteiger partial charge in [0.2, 0.25) is 0 Å². The molecule has 0 spiro atoms. The van der Waals surface area contributed by atoms with E-state index in [-0.39, 0.29) is 0 Å². The first-order valence-electron chi connectivity index (χ1n) is 8.02. The molecule has 0 saturated heterocycles. The summed E-state index contributed by atoms with van der Waals surface area (Å²) in [6, 6.07) is 17.0. The fourth-order valence-corrected chi connectivity index (χ4v) is 3.74. The maximum absolute atomic E-state index is 6.18. The van der Waals surface area contributed by atoms with Crippen LogP contribution in [0.5, 0.6) is 0 Å². The number of hydrogen-bond acceptors (Lipinski definition) is 2. The fraction of sp³-hybridized carbons (Fsp3) is 0.250. The minimum atomic E-state index is 0.471. The highest BCUT2D eigenvalue weighted by Crippen LogP contribution is 2.46. The molecule has 1 aliphatic heterocycles. The average molecular weight is 288 g/mol. The highest BCUT2D eigenvalue weighted by molar-refractivity contribution is 5.89. The molecule has 2 heteroatoms. The van der Waals surface area contributed by atoms with E-state index >= 15 is 0 Å². The molecule has 1 fully saturated rings. The zero-order chi connectivity index (χ0) is 14.9. The van der Waals surface area contributed by atoms with Crippen LogP contribution in [0.1, 0.15) is 41.9 Å². The van der Waals surface area contributed by atoms with Crippen LogP contribution >= 0.6 is 0 Å². The standard InChI is InChI=1S/C20H20N2/c21-20-18-8-4-7-16(18)17-12-11-15(13-19(17)22-20)10-9-14-5-2-1-3-6-14/h1-3,5-6,9-13,16,18H,4,7-8H2,(H2,21,22). The molecule has 2 aromatic carbocycles. The molecule has 0 aromatic heterocycles. The van der Waals surface area contributed by atoms with Crippen molar-refractivity contribution in [2.24, 2.45) is 16.6 Å². The van der Waals surface area contributed by atoms with Gasteiger partial charge in [-0.2, -0.15) is 0 Å². The predicted octanol–water partition coefficient (Wildman–Crippen LogP) is 4.74. The predicted molar refractivity (Wildman–Crippen MR) is 93.2 cm³/mol. The van der Waals surface area contributed by atoms with Gasteiger partial charge in [0.05, 0.1) is 5.69 Å². The second-order valence-corrected chi connectivity index (χ2v) is 6.24. The first kappa shape index (κ1) is 13.3. The Kier molecular flexibility index (Phi) is 3.30. The lowest BCUT2D eigenvalue weighted by molar-refractivity contribution is 0.610.